The van der Waals surface area contributed by atoms with Crippen LogP contribution in [0.1, 0.15) is 57.9 Å². The number of aliphatic imine (C=N–C) groups is 1. The number of halogens is 1. The van der Waals surface area contributed by atoms with Crippen molar-refractivity contribution in [3.05, 3.63) is 23.9 Å². The molecule has 28 heavy (non-hydrogen) atoms. The molecule has 6 nitrogen and oxygen atoms in total. The fraction of sp³-hybridized carbons (Fsp3) is 0.714. The fourth-order valence-corrected chi connectivity index (χ4v) is 3.84. The lowest BCUT2D eigenvalue weighted by Crippen LogP contribution is -2.45. The number of rotatable bonds is 5. The molecule has 0 radical (unpaired) electrons. The van der Waals surface area contributed by atoms with E-state index < -0.39 is 0 Å². The number of nitrogens with zero attached hydrogens (tertiary/aromatic N) is 3. The fourth-order valence-electron chi connectivity index (χ4n) is 3.84. The summed E-state index contributed by atoms with van der Waals surface area (Å²) in [5, 5.41) is 16.5. The normalized spacial score (nSPS) is 23.8. The van der Waals surface area contributed by atoms with E-state index in [1.54, 1.807) is 0 Å². The van der Waals surface area contributed by atoms with Crippen molar-refractivity contribution in [2.24, 2.45) is 10.9 Å². The van der Waals surface area contributed by atoms with Crippen LogP contribution in [-0.2, 0) is 6.54 Å². The first kappa shape index (κ1) is 23.2. The molecule has 0 atom stereocenters. The summed E-state index contributed by atoms with van der Waals surface area (Å²) in [5.41, 5.74) is 1.13. The van der Waals surface area contributed by atoms with Gasteiger partial charge in [0.2, 0.25) is 0 Å². The Labute approximate surface area is 186 Å². The Kier molecular flexibility index (Phi) is 9.77. The van der Waals surface area contributed by atoms with E-state index in [2.05, 4.69) is 46.5 Å². The van der Waals surface area contributed by atoms with Gasteiger partial charge in [-0.2, -0.15) is 0 Å². The van der Waals surface area contributed by atoms with Gasteiger partial charge in [0, 0.05) is 31.9 Å². The van der Waals surface area contributed by atoms with Crippen LogP contribution in [0.25, 0.3) is 0 Å². The molecular formula is C21H36IN5O. The van der Waals surface area contributed by atoms with Crippen LogP contribution in [0.4, 0.5) is 5.82 Å². The zero-order valence-corrected chi connectivity index (χ0v) is 19.6. The van der Waals surface area contributed by atoms with E-state index in [9.17, 15) is 5.11 Å². The highest BCUT2D eigenvalue weighted by Gasteiger charge is 2.20. The number of hydrogen-bond donors (Lipinski definition) is 3. The maximum Gasteiger partial charge on any atom is 0.191 e. The maximum absolute atomic E-state index is 9.66. The van der Waals surface area contributed by atoms with Gasteiger partial charge in [0.15, 0.2) is 5.96 Å². The van der Waals surface area contributed by atoms with Gasteiger partial charge in [-0.1, -0.05) is 13.0 Å². The van der Waals surface area contributed by atoms with Crippen LogP contribution in [0.3, 0.4) is 0 Å². The minimum Gasteiger partial charge on any atom is -0.393 e. The zero-order valence-electron chi connectivity index (χ0n) is 17.2. The smallest absolute Gasteiger partial charge is 0.191 e. The Morgan fingerprint density at radius 1 is 1.18 bits per heavy atom. The highest BCUT2D eigenvalue weighted by molar-refractivity contribution is 14.0. The van der Waals surface area contributed by atoms with E-state index in [-0.39, 0.29) is 30.1 Å². The molecule has 0 bridgehead atoms. The average Bonchev–Trinajstić information content (AvgIpc) is 2.69. The third-order valence-electron chi connectivity index (χ3n) is 5.72. The van der Waals surface area contributed by atoms with Crippen molar-refractivity contribution < 1.29 is 5.11 Å². The molecule has 3 N–H and O–H groups in total. The summed E-state index contributed by atoms with van der Waals surface area (Å²) in [4.78, 5) is 11.8. The summed E-state index contributed by atoms with van der Waals surface area (Å²) in [6.07, 6.45) is 8.07. The maximum atomic E-state index is 9.66. The van der Waals surface area contributed by atoms with Crippen molar-refractivity contribution in [2.75, 3.05) is 24.5 Å². The monoisotopic (exact) mass is 501 g/mol. The van der Waals surface area contributed by atoms with E-state index in [0.717, 1.165) is 68.6 Å². The summed E-state index contributed by atoms with van der Waals surface area (Å²) in [5.74, 6) is 2.77. The van der Waals surface area contributed by atoms with Gasteiger partial charge >= 0.3 is 0 Å². The molecule has 2 fully saturated rings. The highest BCUT2D eigenvalue weighted by atomic mass is 127. The number of aromatic nitrogens is 1. The van der Waals surface area contributed by atoms with Crippen LogP contribution >= 0.6 is 24.0 Å². The second-order valence-electron chi connectivity index (χ2n) is 8.04. The Bertz CT molecular complexity index is 593. The molecule has 1 aliphatic heterocycles. The van der Waals surface area contributed by atoms with E-state index in [1.165, 1.54) is 12.8 Å². The van der Waals surface area contributed by atoms with E-state index >= 15 is 0 Å². The molecular weight excluding hydrogens is 465 g/mol. The third-order valence-corrected chi connectivity index (χ3v) is 5.72. The van der Waals surface area contributed by atoms with Gasteiger partial charge in [0.05, 0.1) is 12.6 Å². The Morgan fingerprint density at radius 3 is 2.50 bits per heavy atom. The molecule has 2 heterocycles. The van der Waals surface area contributed by atoms with Crippen LogP contribution in [0.2, 0.25) is 0 Å². The number of aliphatic hydroxyl groups excluding tert-OH is 1. The van der Waals surface area contributed by atoms with Crippen LogP contribution < -0.4 is 15.5 Å². The number of guanidine groups is 1. The Balaban J connectivity index is 0.00000280. The first-order chi connectivity index (χ1) is 13.1. The van der Waals surface area contributed by atoms with Crippen molar-refractivity contribution in [3.8, 4) is 0 Å². The summed E-state index contributed by atoms with van der Waals surface area (Å²) in [6, 6.07) is 4.67. The number of piperidine rings is 1. The van der Waals surface area contributed by atoms with Crippen molar-refractivity contribution >= 4 is 35.8 Å². The van der Waals surface area contributed by atoms with E-state index in [0.29, 0.717) is 12.6 Å². The zero-order chi connectivity index (χ0) is 19.1. The molecule has 1 aliphatic carbocycles. The summed E-state index contributed by atoms with van der Waals surface area (Å²) < 4.78 is 0. The molecule has 7 heteroatoms. The van der Waals surface area contributed by atoms with Gasteiger partial charge in [0.1, 0.15) is 5.82 Å². The standard InChI is InChI=1S/C21H35N5O.HI/c1-3-22-21(25-18-5-7-19(27)8-6-18)24-15-17-4-9-20(23-14-17)26-12-10-16(2)11-13-26;/h4,9,14,16,18-19,27H,3,5-8,10-13,15H2,1-2H3,(H2,22,24,25);1H. The molecule has 1 aromatic rings. The summed E-state index contributed by atoms with van der Waals surface area (Å²) >= 11 is 0. The van der Waals surface area contributed by atoms with Crippen molar-refractivity contribution in [3.63, 3.8) is 0 Å². The summed E-state index contributed by atoms with van der Waals surface area (Å²) in [6.45, 7) is 8.09. The van der Waals surface area contributed by atoms with Gasteiger partial charge in [-0.25, -0.2) is 9.98 Å². The van der Waals surface area contributed by atoms with Crippen LogP contribution in [-0.4, -0.2) is 47.8 Å². The van der Waals surface area contributed by atoms with Gasteiger partial charge in [-0.3, -0.25) is 0 Å². The molecule has 2 aliphatic rings. The molecule has 0 spiro atoms. The topological polar surface area (TPSA) is 72.8 Å². The van der Waals surface area contributed by atoms with Crippen LogP contribution in [0.15, 0.2) is 23.3 Å². The van der Waals surface area contributed by atoms with Gasteiger partial charge in [0.25, 0.3) is 0 Å². The second-order valence-corrected chi connectivity index (χ2v) is 8.04. The Hall–Kier alpha value is -1.09. The van der Waals surface area contributed by atoms with Crippen LogP contribution in [0.5, 0.6) is 0 Å². The number of pyridine rings is 1. The number of hydrogen-bond acceptors (Lipinski definition) is 4. The molecule has 158 valence electrons. The van der Waals surface area contributed by atoms with Crippen molar-refractivity contribution in [1.82, 2.24) is 15.6 Å². The lowest BCUT2D eigenvalue weighted by molar-refractivity contribution is 0.120. The lowest BCUT2D eigenvalue weighted by atomic mass is 9.93. The van der Waals surface area contributed by atoms with Crippen LogP contribution in [0, 0.1) is 5.92 Å². The summed E-state index contributed by atoms with van der Waals surface area (Å²) in [7, 11) is 0. The molecule has 0 amide bonds. The van der Waals surface area contributed by atoms with Crippen molar-refractivity contribution in [1.29, 1.82) is 0 Å². The molecule has 0 aromatic carbocycles. The predicted molar refractivity (Wildman–Crippen MR) is 126 cm³/mol. The van der Waals surface area contributed by atoms with E-state index in [1.807, 2.05) is 6.20 Å². The number of nitrogens with one attached hydrogen (secondary N) is 2. The molecule has 1 saturated heterocycles. The highest BCUT2D eigenvalue weighted by Crippen LogP contribution is 2.21. The molecule has 0 unspecified atom stereocenters. The minimum atomic E-state index is -0.129. The first-order valence-corrected chi connectivity index (χ1v) is 10.6. The largest absolute Gasteiger partial charge is 0.393 e. The molecule has 3 rings (SSSR count). The third kappa shape index (κ3) is 7.06. The molecule has 1 aromatic heterocycles. The average molecular weight is 501 g/mol. The molecule has 1 saturated carbocycles. The Morgan fingerprint density at radius 2 is 1.89 bits per heavy atom. The van der Waals surface area contributed by atoms with Gasteiger partial charge < -0.3 is 20.6 Å². The predicted octanol–water partition coefficient (Wildman–Crippen LogP) is 3.29. The first-order valence-electron chi connectivity index (χ1n) is 10.6. The number of anilines is 1. The lowest BCUT2D eigenvalue weighted by Gasteiger charge is -2.31. The van der Waals surface area contributed by atoms with Crippen molar-refractivity contribution in [2.45, 2.75) is 71.1 Å². The van der Waals surface area contributed by atoms with Gasteiger partial charge in [-0.15, -0.1) is 24.0 Å². The second kappa shape index (κ2) is 11.8. The quantitative estimate of drug-likeness (QED) is 0.328. The van der Waals surface area contributed by atoms with Gasteiger partial charge in [-0.05, 0) is 63.0 Å². The number of aliphatic hydroxyl groups is 1. The minimum absolute atomic E-state index is 0. The SMILES string of the molecule is CCNC(=NCc1ccc(N2CCC(C)CC2)nc1)NC1CCC(O)CC1.I. The van der Waals surface area contributed by atoms with E-state index in [4.69, 9.17) is 4.99 Å².